The van der Waals surface area contributed by atoms with Crippen molar-refractivity contribution in [3.63, 3.8) is 0 Å². The Morgan fingerprint density at radius 1 is 1.73 bits per heavy atom. The molecule has 0 aromatic heterocycles. The lowest BCUT2D eigenvalue weighted by atomic mass is 9.68. The van der Waals surface area contributed by atoms with E-state index in [9.17, 15) is 9.59 Å². The van der Waals surface area contributed by atoms with Crippen LogP contribution in [0.4, 0.5) is 0 Å². The molecule has 1 aliphatic rings. The van der Waals surface area contributed by atoms with Crippen LogP contribution in [0.5, 0.6) is 0 Å². The summed E-state index contributed by atoms with van der Waals surface area (Å²) in [7, 11) is 0. The Kier molecular flexibility index (Phi) is 1.98. The molecule has 1 unspecified atom stereocenters. The number of rotatable bonds is 2. The summed E-state index contributed by atoms with van der Waals surface area (Å²) in [5.41, 5.74) is -0.256. The van der Waals surface area contributed by atoms with E-state index in [1.165, 1.54) is 6.92 Å². The average Bonchev–Trinajstić information content (AvgIpc) is 1.85. The summed E-state index contributed by atoms with van der Waals surface area (Å²) in [6.07, 6.45) is 2.75. The van der Waals surface area contributed by atoms with E-state index in [0.29, 0.717) is 0 Å². The zero-order chi connectivity index (χ0) is 8.48. The van der Waals surface area contributed by atoms with Gasteiger partial charge >= 0.3 is 0 Å². The number of nitrogens with one attached hydrogen (secondary N) is 1. The van der Waals surface area contributed by atoms with E-state index in [0.717, 1.165) is 19.1 Å². The molecule has 0 bridgehead atoms. The summed E-state index contributed by atoms with van der Waals surface area (Å²) in [4.78, 5) is 21.1. The van der Waals surface area contributed by atoms with Gasteiger partial charge in [0.05, 0.1) is 0 Å². The van der Waals surface area contributed by atoms with Crippen LogP contribution in [0.3, 0.4) is 0 Å². The second-order valence-corrected chi connectivity index (χ2v) is 3.38. The van der Waals surface area contributed by atoms with Gasteiger partial charge in [0.15, 0.2) is 0 Å². The lowest BCUT2D eigenvalue weighted by Crippen LogP contribution is -2.57. The van der Waals surface area contributed by atoms with Gasteiger partial charge in [-0.25, -0.2) is 0 Å². The third-order valence-electron chi connectivity index (χ3n) is 2.42. The van der Waals surface area contributed by atoms with Gasteiger partial charge in [-0.1, -0.05) is 0 Å². The van der Waals surface area contributed by atoms with Gasteiger partial charge in [0.1, 0.15) is 6.29 Å². The number of hydrogen-bond acceptors (Lipinski definition) is 2. The molecule has 0 aromatic rings. The van der Waals surface area contributed by atoms with E-state index in [1.54, 1.807) is 0 Å². The molecule has 1 N–H and O–H groups in total. The van der Waals surface area contributed by atoms with Crippen molar-refractivity contribution in [1.29, 1.82) is 0 Å². The number of hydrogen-bond donors (Lipinski definition) is 1. The van der Waals surface area contributed by atoms with Crippen LogP contribution in [0.2, 0.25) is 0 Å². The Bertz CT molecular complexity index is 191. The molecule has 1 amide bonds. The Morgan fingerprint density at radius 3 is 2.64 bits per heavy atom. The number of aldehydes is 1. The second-order valence-electron chi connectivity index (χ2n) is 3.38. The lowest BCUT2D eigenvalue weighted by Gasteiger charge is -2.44. The highest BCUT2D eigenvalue weighted by Crippen LogP contribution is 2.36. The molecule has 0 aromatic carbocycles. The van der Waals surface area contributed by atoms with Crippen LogP contribution >= 0.6 is 0 Å². The molecule has 0 aliphatic heterocycles. The van der Waals surface area contributed by atoms with E-state index in [2.05, 4.69) is 5.32 Å². The molecule has 1 fully saturated rings. The molecule has 11 heavy (non-hydrogen) atoms. The minimum atomic E-state index is -0.256. The lowest BCUT2D eigenvalue weighted by molar-refractivity contribution is -0.125. The topological polar surface area (TPSA) is 46.2 Å². The molecule has 2 atom stereocenters. The Balaban J connectivity index is 2.53. The predicted octanol–water partition coefficient (Wildman–Crippen LogP) is 0.490. The average molecular weight is 155 g/mol. The summed E-state index contributed by atoms with van der Waals surface area (Å²) in [6, 6.07) is 0. The number of amides is 1. The van der Waals surface area contributed by atoms with Crippen LogP contribution in [0, 0.1) is 5.92 Å². The van der Waals surface area contributed by atoms with Crippen LogP contribution in [0.25, 0.3) is 0 Å². The van der Waals surface area contributed by atoms with Crippen molar-refractivity contribution in [1.82, 2.24) is 5.32 Å². The fourth-order valence-corrected chi connectivity index (χ4v) is 1.52. The largest absolute Gasteiger partial charge is 0.350 e. The maximum absolute atomic E-state index is 10.7. The van der Waals surface area contributed by atoms with E-state index >= 15 is 0 Å². The first-order valence-corrected chi connectivity index (χ1v) is 3.82. The molecule has 62 valence electrons. The van der Waals surface area contributed by atoms with Gasteiger partial charge in [0.2, 0.25) is 5.91 Å². The first-order valence-electron chi connectivity index (χ1n) is 3.82. The highest BCUT2D eigenvalue weighted by Gasteiger charge is 2.42. The van der Waals surface area contributed by atoms with E-state index < -0.39 is 0 Å². The molecule has 1 saturated carbocycles. The Hall–Kier alpha value is -0.860. The third kappa shape index (κ3) is 1.42. The molecule has 0 heterocycles. The maximum Gasteiger partial charge on any atom is 0.217 e. The molecular weight excluding hydrogens is 142 g/mol. The zero-order valence-electron chi connectivity index (χ0n) is 6.89. The van der Waals surface area contributed by atoms with Crippen molar-refractivity contribution in [3.05, 3.63) is 0 Å². The molecule has 1 rings (SSSR count). The highest BCUT2D eigenvalue weighted by molar-refractivity contribution is 5.75. The third-order valence-corrected chi connectivity index (χ3v) is 2.42. The summed E-state index contributed by atoms with van der Waals surface area (Å²) < 4.78 is 0. The van der Waals surface area contributed by atoms with Gasteiger partial charge in [-0.2, -0.15) is 0 Å². The predicted molar refractivity (Wildman–Crippen MR) is 41.0 cm³/mol. The minimum absolute atomic E-state index is 0.0198. The molecule has 0 spiro atoms. The van der Waals surface area contributed by atoms with Crippen molar-refractivity contribution in [2.75, 3.05) is 0 Å². The molecule has 0 radical (unpaired) electrons. The summed E-state index contributed by atoms with van der Waals surface area (Å²) >= 11 is 0. The fourth-order valence-electron chi connectivity index (χ4n) is 1.52. The molecule has 0 saturated heterocycles. The highest BCUT2D eigenvalue weighted by atomic mass is 16.1. The van der Waals surface area contributed by atoms with Crippen LogP contribution in [-0.4, -0.2) is 17.7 Å². The maximum atomic E-state index is 10.7. The standard InChI is InChI=1S/C8H13NO2/c1-6(11)9-8(2)4-3-7(8)5-10/h5,7H,3-4H2,1-2H3,(H,9,11)/t7?,8-/m0/s1. The van der Waals surface area contributed by atoms with E-state index in [1.807, 2.05) is 6.92 Å². The monoisotopic (exact) mass is 155 g/mol. The summed E-state index contributed by atoms with van der Waals surface area (Å²) in [6.45, 7) is 3.39. The van der Waals surface area contributed by atoms with E-state index in [4.69, 9.17) is 0 Å². The van der Waals surface area contributed by atoms with Gasteiger partial charge in [-0.3, -0.25) is 4.79 Å². The minimum Gasteiger partial charge on any atom is -0.350 e. The Labute approximate surface area is 66.2 Å². The van der Waals surface area contributed by atoms with Gasteiger partial charge in [0, 0.05) is 18.4 Å². The van der Waals surface area contributed by atoms with Crippen LogP contribution in [0.1, 0.15) is 26.7 Å². The number of carbonyl (C=O) groups is 2. The molecular formula is C8H13NO2. The normalized spacial score (nSPS) is 35.6. The van der Waals surface area contributed by atoms with E-state index in [-0.39, 0.29) is 17.4 Å². The van der Waals surface area contributed by atoms with Crippen molar-refractivity contribution < 1.29 is 9.59 Å². The summed E-state index contributed by atoms with van der Waals surface area (Å²) in [5.74, 6) is -0.0366. The smallest absolute Gasteiger partial charge is 0.217 e. The van der Waals surface area contributed by atoms with Crippen LogP contribution in [0.15, 0.2) is 0 Å². The first kappa shape index (κ1) is 8.24. The van der Waals surface area contributed by atoms with Crippen LogP contribution in [-0.2, 0) is 9.59 Å². The van der Waals surface area contributed by atoms with Gasteiger partial charge < -0.3 is 10.1 Å². The number of carbonyl (C=O) groups excluding carboxylic acids is 2. The molecule has 3 nitrogen and oxygen atoms in total. The Morgan fingerprint density at radius 2 is 2.36 bits per heavy atom. The molecule has 3 heteroatoms. The zero-order valence-corrected chi connectivity index (χ0v) is 6.89. The molecule has 1 aliphatic carbocycles. The van der Waals surface area contributed by atoms with Crippen molar-refractivity contribution in [3.8, 4) is 0 Å². The van der Waals surface area contributed by atoms with Gasteiger partial charge in [-0.15, -0.1) is 0 Å². The van der Waals surface area contributed by atoms with Gasteiger partial charge in [0.25, 0.3) is 0 Å². The van der Waals surface area contributed by atoms with Crippen molar-refractivity contribution >= 4 is 12.2 Å². The van der Waals surface area contributed by atoms with Crippen molar-refractivity contribution in [2.45, 2.75) is 32.2 Å². The second kappa shape index (κ2) is 2.64. The quantitative estimate of drug-likeness (QED) is 0.590. The van der Waals surface area contributed by atoms with Crippen molar-refractivity contribution in [2.24, 2.45) is 5.92 Å². The van der Waals surface area contributed by atoms with Crippen LogP contribution < -0.4 is 5.32 Å². The SMILES string of the molecule is CC(=O)N[C@@]1(C)CCC1C=O. The summed E-state index contributed by atoms with van der Waals surface area (Å²) in [5, 5.41) is 2.79. The fraction of sp³-hybridized carbons (Fsp3) is 0.750. The first-order chi connectivity index (χ1) is 5.08. The van der Waals surface area contributed by atoms with Gasteiger partial charge in [-0.05, 0) is 19.8 Å².